The second-order valence-electron chi connectivity index (χ2n) is 5.50. The molecule has 0 aliphatic carbocycles. The van der Waals surface area contributed by atoms with Crippen molar-refractivity contribution in [2.24, 2.45) is 0 Å². The molecule has 126 valence electrons. The number of fused-ring (bicyclic) bond motifs is 1. The molecule has 0 saturated heterocycles. The Morgan fingerprint density at radius 3 is 2.92 bits per heavy atom. The molecule has 0 amide bonds. The molecule has 0 aliphatic heterocycles. The number of rotatable bonds is 6. The van der Waals surface area contributed by atoms with Gasteiger partial charge < -0.3 is 15.8 Å². The minimum atomic E-state index is 0.400. The standard InChI is InChI=1S/C20H20N4O/c1-2-3-12-25-19-7-5-4-6-15(19)10-11-22-20-17-13-16(21)8-9-18(17)23-14-24-20/h4-9,13-14H,10-12,21H2,1H3,(H,22,23,24). The third-order valence-corrected chi connectivity index (χ3v) is 3.80. The van der Waals surface area contributed by atoms with E-state index in [2.05, 4.69) is 33.2 Å². The highest BCUT2D eigenvalue weighted by Gasteiger charge is 2.06. The number of benzene rings is 2. The third-order valence-electron chi connectivity index (χ3n) is 3.80. The zero-order chi connectivity index (χ0) is 17.5. The molecular formula is C20H20N4O. The van der Waals surface area contributed by atoms with E-state index in [9.17, 15) is 0 Å². The lowest BCUT2D eigenvalue weighted by molar-refractivity contribution is 0.366. The SMILES string of the molecule is CC#CCOc1ccccc1CCNc1ncnc2ccc(N)cc12. The van der Waals surface area contributed by atoms with Gasteiger partial charge in [-0.3, -0.25) is 0 Å². The number of anilines is 2. The van der Waals surface area contributed by atoms with Gasteiger partial charge in [-0.2, -0.15) is 0 Å². The highest BCUT2D eigenvalue weighted by molar-refractivity contribution is 5.91. The van der Waals surface area contributed by atoms with Crippen molar-refractivity contribution in [3.8, 4) is 17.6 Å². The average molecular weight is 332 g/mol. The second kappa shape index (κ2) is 8.02. The summed E-state index contributed by atoms with van der Waals surface area (Å²) in [5.74, 6) is 7.40. The van der Waals surface area contributed by atoms with Gasteiger partial charge in [0.1, 0.15) is 24.5 Å². The van der Waals surface area contributed by atoms with Crippen LogP contribution in [-0.2, 0) is 6.42 Å². The second-order valence-corrected chi connectivity index (χ2v) is 5.50. The Bertz CT molecular complexity index is 928. The number of nitrogens with one attached hydrogen (secondary N) is 1. The van der Waals surface area contributed by atoms with E-state index in [1.165, 1.54) is 0 Å². The van der Waals surface area contributed by atoms with Crippen molar-refractivity contribution in [2.75, 3.05) is 24.2 Å². The Hall–Kier alpha value is -3.26. The molecule has 0 atom stereocenters. The maximum Gasteiger partial charge on any atom is 0.149 e. The molecule has 5 nitrogen and oxygen atoms in total. The summed E-state index contributed by atoms with van der Waals surface area (Å²) in [5, 5.41) is 4.29. The zero-order valence-corrected chi connectivity index (χ0v) is 14.1. The molecule has 5 heteroatoms. The van der Waals surface area contributed by atoms with Crippen LogP contribution in [-0.4, -0.2) is 23.1 Å². The van der Waals surface area contributed by atoms with E-state index in [0.717, 1.165) is 41.0 Å². The zero-order valence-electron chi connectivity index (χ0n) is 14.1. The molecule has 0 unspecified atom stereocenters. The van der Waals surface area contributed by atoms with E-state index in [1.54, 1.807) is 13.3 Å². The maximum atomic E-state index is 5.88. The summed E-state index contributed by atoms with van der Waals surface area (Å²) in [5.41, 5.74) is 8.57. The number of hydrogen-bond acceptors (Lipinski definition) is 5. The molecule has 3 aromatic rings. The molecule has 0 aliphatic rings. The van der Waals surface area contributed by atoms with E-state index in [-0.39, 0.29) is 0 Å². The lowest BCUT2D eigenvalue weighted by Crippen LogP contribution is -2.08. The van der Waals surface area contributed by atoms with Crippen molar-refractivity contribution in [1.82, 2.24) is 9.97 Å². The fourth-order valence-corrected chi connectivity index (χ4v) is 2.57. The molecular weight excluding hydrogens is 312 g/mol. The lowest BCUT2D eigenvalue weighted by Gasteiger charge is -2.11. The van der Waals surface area contributed by atoms with Gasteiger partial charge in [-0.25, -0.2) is 9.97 Å². The normalized spacial score (nSPS) is 10.1. The molecule has 0 bridgehead atoms. The van der Waals surface area contributed by atoms with E-state index in [0.29, 0.717) is 12.3 Å². The highest BCUT2D eigenvalue weighted by atomic mass is 16.5. The Morgan fingerprint density at radius 1 is 1.16 bits per heavy atom. The van der Waals surface area contributed by atoms with Crippen molar-refractivity contribution in [1.29, 1.82) is 0 Å². The van der Waals surface area contributed by atoms with Crippen molar-refractivity contribution in [3.05, 3.63) is 54.4 Å². The van der Waals surface area contributed by atoms with E-state index in [1.807, 2.05) is 36.4 Å². The minimum absolute atomic E-state index is 0.400. The highest BCUT2D eigenvalue weighted by Crippen LogP contribution is 2.22. The van der Waals surface area contributed by atoms with Crippen molar-refractivity contribution >= 4 is 22.4 Å². The first-order valence-corrected chi connectivity index (χ1v) is 8.12. The predicted molar refractivity (Wildman–Crippen MR) is 102 cm³/mol. The Morgan fingerprint density at radius 2 is 2.04 bits per heavy atom. The monoisotopic (exact) mass is 332 g/mol. The van der Waals surface area contributed by atoms with Crippen molar-refractivity contribution in [2.45, 2.75) is 13.3 Å². The molecule has 0 radical (unpaired) electrons. The van der Waals surface area contributed by atoms with E-state index < -0.39 is 0 Å². The Kier molecular flexibility index (Phi) is 5.32. The van der Waals surface area contributed by atoms with Gasteiger partial charge in [0.2, 0.25) is 0 Å². The largest absolute Gasteiger partial charge is 0.481 e. The van der Waals surface area contributed by atoms with Gasteiger partial charge >= 0.3 is 0 Å². The van der Waals surface area contributed by atoms with Gasteiger partial charge in [0.25, 0.3) is 0 Å². The summed E-state index contributed by atoms with van der Waals surface area (Å²) in [6, 6.07) is 13.6. The summed E-state index contributed by atoms with van der Waals surface area (Å²) >= 11 is 0. The van der Waals surface area contributed by atoms with Crippen LogP contribution < -0.4 is 15.8 Å². The van der Waals surface area contributed by atoms with Crippen LogP contribution in [0.5, 0.6) is 5.75 Å². The van der Waals surface area contributed by atoms with Crippen LogP contribution in [0.2, 0.25) is 0 Å². The van der Waals surface area contributed by atoms with Crippen LogP contribution in [0.4, 0.5) is 11.5 Å². The lowest BCUT2D eigenvalue weighted by atomic mass is 10.1. The fourth-order valence-electron chi connectivity index (χ4n) is 2.57. The van der Waals surface area contributed by atoms with Crippen LogP contribution in [0, 0.1) is 11.8 Å². The smallest absolute Gasteiger partial charge is 0.149 e. The van der Waals surface area contributed by atoms with Crippen LogP contribution >= 0.6 is 0 Å². The first kappa shape index (κ1) is 16.6. The van der Waals surface area contributed by atoms with Crippen LogP contribution in [0.25, 0.3) is 10.9 Å². The first-order chi connectivity index (χ1) is 12.3. The Balaban J connectivity index is 1.69. The summed E-state index contributed by atoms with van der Waals surface area (Å²) in [6.07, 6.45) is 2.37. The molecule has 2 aromatic carbocycles. The molecule has 0 saturated carbocycles. The van der Waals surface area contributed by atoms with E-state index >= 15 is 0 Å². The number of hydrogen-bond donors (Lipinski definition) is 2. The van der Waals surface area contributed by atoms with Gasteiger partial charge in [0, 0.05) is 17.6 Å². The molecule has 3 N–H and O–H groups in total. The quantitative estimate of drug-likeness (QED) is 0.535. The number of nitrogen functional groups attached to an aromatic ring is 1. The van der Waals surface area contributed by atoms with Gasteiger partial charge in [0.15, 0.2) is 0 Å². The molecule has 3 rings (SSSR count). The average Bonchev–Trinajstić information content (AvgIpc) is 2.63. The maximum absolute atomic E-state index is 5.88. The van der Waals surface area contributed by atoms with Crippen molar-refractivity contribution in [3.63, 3.8) is 0 Å². The number of ether oxygens (including phenoxy) is 1. The molecule has 25 heavy (non-hydrogen) atoms. The number of para-hydroxylation sites is 1. The van der Waals surface area contributed by atoms with Crippen molar-refractivity contribution < 1.29 is 4.74 Å². The fraction of sp³-hybridized carbons (Fsp3) is 0.200. The van der Waals surface area contributed by atoms with Gasteiger partial charge in [-0.15, -0.1) is 5.92 Å². The van der Waals surface area contributed by atoms with Gasteiger partial charge in [0.05, 0.1) is 5.52 Å². The summed E-state index contributed by atoms with van der Waals surface area (Å²) in [4.78, 5) is 8.60. The topological polar surface area (TPSA) is 73.1 Å². The predicted octanol–water partition coefficient (Wildman–Crippen LogP) is 3.27. The van der Waals surface area contributed by atoms with E-state index in [4.69, 9.17) is 10.5 Å². The number of nitrogens with zero attached hydrogens (tertiary/aromatic N) is 2. The molecule has 0 spiro atoms. The van der Waals surface area contributed by atoms with Crippen LogP contribution in [0.15, 0.2) is 48.8 Å². The summed E-state index contributed by atoms with van der Waals surface area (Å²) in [6.45, 7) is 2.93. The Labute approximate surface area is 147 Å². The number of nitrogens with two attached hydrogens (primary N) is 1. The molecule has 1 heterocycles. The van der Waals surface area contributed by atoms with Crippen LogP contribution in [0.3, 0.4) is 0 Å². The third kappa shape index (κ3) is 4.18. The summed E-state index contributed by atoms with van der Waals surface area (Å²) in [7, 11) is 0. The number of aromatic nitrogens is 2. The summed E-state index contributed by atoms with van der Waals surface area (Å²) < 4.78 is 5.72. The van der Waals surface area contributed by atoms with Crippen LogP contribution in [0.1, 0.15) is 12.5 Å². The van der Waals surface area contributed by atoms with Gasteiger partial charge in [-0.05, 0) is 43.2 Å². The minimum Gasteiger partial charge on any atom is -0.481 e. The van der Waals surface area contributed by atoms with Gasteiger partial charge in [-0.1, -0.05) is 24.1 Å². The molecule has 0 fully saturated rings. The molecule has 1 aromatic heterocycles. The first-order valence-electron chi connectivity index (χ1n) is 8.12.